The lowest BCUT2D eigenvalue weighted by atomic mass is 9.97. The summed E-state index contributed by atoms with van der Waals surface area (Å²) >= 11 is 41.4. The fraction of sp³-hybridized carbons (Fsp3) is 0.0973. The van der Waals surface area contributed by atoms with Crippen LogP contribution in [0.4, 0.5) is 0 Å². The molecule has 0 saturated carbocycles. The lowest BCUT2D eigenvalue weighted by Crippen LogP contribution is -2.33. The maximum absolute atomic E-state index is 12.0. The van der Waals surface area contributed by atoms with Crippen molar-refractivity contribution in [2.75, 3.05) is 25.7 Å². The molecule has 14 aromatic carbocycles. The van der Waals surface area contributed by atoms with Gasteiger partial charge in [0.15, 0.2) is 28.8 Å². The highest BCUT2D eigenvalue weighted by atomic mass is 35.5. The van der Waals surface area contributed by atoms with Gasteiger partial charge in [0.2, 0.25) is 5.91 Å². The Hall–Kier alpha value is -15.0. The maximum atomic E-state index is 12.0. The fourth-order valence-corrected chi connectivity index (χ4v) is 19.2. The molecule has 0 fully saturated rings. The number of methoxy groups -OCH3 is 2. The van der Waals surface area contributed by atoms with E-state index in [0.29, 0.717) is 133 Å². The molecule has 1 spiro atoms. The number of alkyl halides is 1. The minimum atomic E-state index is -1.22. The molecule has 0 saturated heterocycles. The molecule has 149 heavy (non-hydrogen) atoms. The van der Waals surface area contributed by atoms with E-state index in [-0.39, 0.29) is 44.5 Å². The van der Waals surface area contributed by atoms with E-state index < -0.39 is 35.0 Å². The first-order chi connectivity index (χ1) is 71.5. The summed E-state index contributed by atoms with van der Waals surface area (Å²) in [5.41, 5.74) is 19.8. The Morgan fingerprint density at radius 1 is 0.369 bits per heavy atom. The van der Waals surface area contributed by atoms with Crippen LogP contribution in [0.25, 0.3) is 134 Å². The number of carboxylic acids is 2. The number of thioether (sulfide) groups is 2. The highest BCUT2D eigenvalue weighted by Crippen LogP contribution is 2.57. The number of carbonyl (C=O) groups excluding carboxylic acids is 4. The van der Waals surface area contributed by atoms with Crippen molar-refractivity contribution in [2.45, 2.75) is 44.1 Å². The van der Waals surface area contributed by atoms with Crippen molar-refractivity contribution < 1.29 is 130 Å². The Bertz CT molecular complexity index is 8060. The van der Waals surface area contributed by atoms with E-state index in [1.54, 1.807) is 78.9 Å². The van der Waals surface area contributed by atoms with E-state index >= 15 is 0 Å². The van der Waals surface area contributed by atoms with Gasteiger partial charge < -0.3 is 66.5 Å². The molecule has 762 valence electrons. The van der Waals surface area contributed by atoms with Crippen molar-refractivity contribution in [2.24, 2.45) is 5.73 Å². The van der Waals surface area contributed by atoms with Gasteiger partial charge in [-0.2, -0.15) is 0 Å². The number of esters is 3. The second kappa shape index (κ2) is 53.1. The number of halogens is 6. The molecule has 2 unspecified atom stereocenters. The van der Waals surface area contributed by atoms with Crippen LogP contribution in [0.15, 0.2) is 372 Å². The summed E-state index contributed by atoms with van der Waals surface area (Å²) in [6, 6.07) is 106. The standard InChI is InChI=1S/C18H15ClO3S.C17H14ClNO2S.C16H11ClO3.2C15H9ClO3.C15H11ClO2.C15H10O3.2CH4.H2O8/c1-21-16(20)11-23-10-12-6-2-3-7-13(12)18-17(19)14-8-4-5-9-15(14)22-18;18-16-13-7-3-4-8-14(13)21-17(16)12-6-2-1-5-11(12)9-22-10-15(19)20;1-19-16(18)11-7-3-2-6-10(11)15-14(17)12-8-4-5-9-13(12)20-15;16-13-10-6-2-4-8-12(10)18-15(13)11-7-3-1-5-9(11)14(17)19-15;16-13-11-7-3-4-8-12(11)19-14(13)9-5-1-2-6-10(9)15(17)18;16-14-12-7-3-4-8-13(12)18-15(14)11-6-2-1-5-10(11)9-17;16-15(17)12-7-3-2-6-11(12)14-9-10-5-1-4-8-13(10)18-14;;;1-3-5-7-8-6-4-2/h2-9H,10-11H2,1H3;1-8H,9-10H2,(H2,19,20);2-9H,1H3;1-8,13H;1-8H,(H,17,18);1-8,17H,9H2;1-9H,(H,16,17);2*1H4;1-2H. The van der Waals surface area contributed by atoms with Crippen LogP contribution in [0.1, 0.15) is 89.5 Å². The number of aromatic carboxylic acids is 2. The number of ether oxygens (including phenoxy) is 4. The minimum Gasteiger partial charge on any atom is -0.478 e. The molecule has 2 aliphatic heterocycles. The second-order valence-corrected chi connectivity index (χ2v) is 35.6. The van der Waals surface area contributed by atoms with Gasteiger partial charge in [0.1, 0.15) is 50.4 Å². The second-order valence-electron chi connectivity index (χ2n) is 31.3. The quantitative estimate of drug-likeness (QED) is 0.00865. The third-order valence-electron chi connectivity index (χ3n) is 22.4. The highest BCUT2D eigenvalue weighted by Gasteiger charge is 2.58. The van der Waals surface area contributed by atoms with Gasteiger partial charge >= 0.3 is 35.6 Å². The topological polar surface area (TPSA) is 401 Å². The summed E-state index contributed by atoms with van der Waals surface area (Å²) in [6.45, 7) is -0.0381. The van der Waals surface area contributed by atoms with Crippen LogP contribution >= 0.6 is 93.1 Å². The van der Waals surface area contributed by atoms with Crippen molar-refractivity contribution in [3.05, 3.63) is 421 Å². The third kappa shape index (κ3) is 26.1. The molecule has 28 nitrogen and oxygen atoms in total. The summed E-state index contributed by atoms with van der Waals surface area (Å²) in [7, 11) is 2.74. The molecule has 6 aromatic heterocycles. The number of aliphatic hydroxyl groups is 1. The molecule has 2 atom stereocenters. The van der Waals surface area contributed by atoms with Crippen LogP contribution in [0.5, 0.6) is 5.75 Å². The molecule has 0 radical (unpaired) electrons. The smallest absolute Gasteiger partial charge is 0.342 e. The van der Waals surface area contributed by atoms with Gasteiger partial charge in [-0.25, -0.2) is 29.7 Å². The fourth-order valence-electron chi connectivity index (χ4n) is 15.7. The molecule has 0 bridgehead atoms. The average molecular weight is 2170 g/mol. The van der Waals surface area contributed by atoms with Gasteiger partial charge in [-0.3, -0.25) is 9.59 Å². The molecule has 1 amide bonds. The molecular formula is C113H89Cl6NO27S2. The molecule has 0 aliphatic carbocycles. The van der Waals surface area contributed by atoms with Gasteiger partial charge in [0, 0.05) is 82.8 Å². The Morgan fingerprint density at radius 3 is 1.11 bits per heavy atom. The lowest BCUT2D eigenvalue weighted by molar-refractivity contribution is -0.810. The number of amides is 1. The van der Waals surface area contributed by atoms with Crippen molar-refractivity contribution in [3.63, 3.8) is 0 Å². The number of carboxylic acid groups (broad SMARTS) is 2. The van der Waals surface area contributed by atoms with Crippen molar-refractivity contribution in [3.8, 4) is 73.7 Å². The number of aliphatic hydroxyl groups excluding tert-OH is 1. The summed E-state index contributed by atoms with van der Waals surface area (Å²) in [5, 5.41) is 68.2. The Morgan fingerprint density at radius 2 is 0.705 bits per heavy atom. The number of furan rings is 6. The van der Waals surface area contributed by atoms with E-state index in [9.17, 15) is 39.0 Å². The van der Waals surface area contributed by atoms with E-state index in [1.807, 2.05) is 261 Å². The Kier molecular flexibility index (Phi) is 39.6. The summed E-state index contributed by atoms with van der Waals surface area (Å²) in [6.07, 6.45) is 0. The summed E-state index contributed by atoms with van der Waals surface area (Å²) < 4.78 is 55.6. The van der Waals surface area contributed by atoms with Crippen LogP contribution in [-0.2, 0) is 77.9 Å². The van der Waals surface area contributed by atoms with Gasteiger partial charge in [0.05, 0.1) is 85.3 Å². The summed E-state index contributed by atoms with van der Waals surface area (Å²) in [5.74, 6) is 1.48. The van der Waals surface area contributed by atoms with Crippen LogP contribution in [0.3, 0.4) is 0 Å². The lowest BCUT2D eigenvalue weighted by Gasteiger charge is -2.25. The van der Waals surface area contributed by atoms with E-state index in [4.69, 9.17) is 132 Å². The van der Waals surface area contributed by atoms with Crippen molar-refractivity contribution >= 4 is 195 Å². The van der Waals surface area contributed by atoms with Crippen LogP contribution in [0, 0.1) is 0 Å². The predicted molar refractivity (Wildman–Crippen MR) is 574 cm³/mol. The number of carbonyl (C=O) groups is 6. The van der Waals surface area contributed by atoms with Gasteiger partial charge in [-0.05, 0) is 150 Å². The normalized spacial score (nSPS) is 12.7. The number of primary amides is 1. The number of hydrogen-bond donors (Lipinski definition) is 6. The minimum absolute atomic E-state index is 0. The zero-order valence-electron chi connectivity index (χ0n) is 76.9. The highest BCUT2D eigenvalue weighted by molar-refractivity contribution is 7.99. The number of para-hydroxylation sites is 7. The largest absolute Gasteiger partial charge is 0.478 e. The zero-order valence-corrected chi connectivity index (χ0v) is 83.1. The molecule has 36 heteroatoms. The average Bonchev–Trinajstić information content (AvgIpc) is 1.56. The first-order valence-corrected chi connectivity index (χ1v) is 48.7. The van der Waals surface area contributed by atoms with Crippen LogP contribution in [0.2, 0.25) is 25.1 Å². The Labute approximate surface area is 888 Å². The first-order valence-electron chi connectivity index (χ1n) is 44.0. The Balaban J connectivity index is 0.000000143. The number of hydrogen-bond acceptors (Lipinski definition) is 27. The number of benzene rings is 14. The zero-order chi connectivity index (χ0) is 104. The van der Waals surface area contributed by atoms with Crippen molar-refractivity contribution in [1.82, 2.24) is 0 Å². The monoisotopic (exact) mass is 2170 g/mol. The number of rotatable bonds is 23. The first kappa shape index (κ1) is 111. The van der Waals surface area contributed by atoms with Gasteiger partial charge in [-0.1, -0.05) is 316 Å². The number of nitrogens with two attached hydrogens (primary N) is 1. The van der Waals surface area contributed by atoms with Gasteiger partial charge in [-0.15, -0.1) is 35.1 Å². The SMILES string of the molecule is C.C.COC(=O)CSCc1ccccc1-c1oc2ccccc2c1Cl.COC(=O)c1ccccc1-c1oc2ccccc2c1Cl.NC(=O)CSCc1ccccc1-c1oc2ccccc2c1Cl.O=C(O)c1ccccc1-c1cc2ccccc2o1.O=C(O)c1ccccc1-c1oc2ccccc2c1Cl.O=C1OC2(Oc3ccccc3C2Cl)c2ccccc21.OCc1ccccc1-c1oc2ccccc2c1Cl.OOOOOOOO. The number of fused-ring (bicyclic) bond motifs is 9. The molecule has 22 rings (SSSR count). The van der Waals surface area contributed by atoms with Crippen LogP contribution in [-0.4, -0.2) is 87.3 Å². The molecular weight excluding hydrogens is 2080 g/mol. The molecule has 8 heterocycles. The maximum Gasteiger partial charge on any atom is 0.342 e. The van der Waals surface area contributed by atoms with E-state index in [0.717, 1.165) is 93.6 Å². The molecule has 2 aliphatic rings. The van der Waals surface area contributed by atoms with E-state index in [2.05, 4.69) is 35.0 Å². The van der Waals surface area contributed by atoms with E-state index in [1.165, 1.54) is 43.8 Å². The van der Waals surface area contributed by atoms with Gasteiger partial charge in [0.25, 0.3) is 0 Å². The molecule has 7 N–H and O–H groups in total. The summed E-state index contributed by atoms with van der Waals surface area (Å²) in [4.78, 5) is 68.3. The predicted octanol–water partition coefficient (Wildman–Crippen LogP) is 30.9. The molecule has 20 aromatic rings. The third-order valence-corrected chi connectivity index (χ3v) is 26.7. The van der Waals surface area contributed by atoms with Crippen LogP contribution < -0.4 is 10.5 Å². The van der Waals surface area contributed by atoms with Crippen molar-refractivity contribution in [1.29, 1.82) is 0 Å².